The van der Waals surface area contributed by atoms with Crippen molar-refractivity contribution in [3.05, 3.63) is 38.9 Å². The first-order chi connectivity index (χ1) is 10.1. The summed E-state index contributed by atoms with van der Waals surface area (Å²) in [6.45, 7) is 0.228. The Morgan fingerprint density at radius 1 is 1.43 bits per heavy atom. The molecular weight excluding hydrogens is 292 g/mol. The molecule has 0 saturated heterocycles. The maximum Gasteiger partial charge on any atom is 0.269 e. The van der Waals surface area contributed by atoms with Gasteiger partial charge in [0.15, 0.2) is 5.96 Å². The molecule has 21 heavy (non-hydrogen) atoms. The summed E-state index contributed by atoms with van der Waals surface area (Å²) in [5.74, 6) is 0.365. The molecule has 1 aliphatic rings. The highest BCUT2D eigenvalue weighted by atomic mass is 35.5. The number of benzene rings is 1. The largest absolute Gasteiger partial charge is 0.370 e. The second-order valence-electron chi connectivity index (χ2n) is 5.21. The van der Waals surface area contributed by atoms with Gasteiger partial charge in [0, 0.05) is 23.2 Å². The van der Waals surface area contributed by atoms with E-state index in [-0.39, 0.29) is 12.2 Å². The number of nitro benzene ring substituents is 1. The number of nitrogens with one attached hydrogen (secondary N) is 1. The first kappa shape index (κ1) is 15.6. The molecule has 0 heterocycles. The van der Waals surface area contributed by atoms with Gasteiger partial charge in [0.25, 0.3) is 5.69 Å². The Bertz CT molecular complexity index is 542. The Kier molecular flexibility index (Phi) is 5.38. The van der Waals surface area contributed by atoms with Crippen LogP contribution >= 0.6 is 11.6 Å². The maximum absolute atomic E-state index is 10.8. The van der Waals surface area contributed by atoms with Crippen molar-refractivity contribution in [2.24, 2.45) is 10.7 Å². The monoisotopic (exact) mass is 310 g/mol. The molecule has 0 radical (unpaired) electrons. The molecule has 7 heteroatoms. The molecule has 3 N–H and O–H groups in total. The van der Waals surface area contributed by atoms with E-state index in [2.05, 4.69) is 10.3 Å². The minimum atomic E-state index is -0.451. The molecule has 0 aromatic heterocycles. The van der Waals surface area contributed by atoms with Crippen molar-refractivity contribution in [3.8, 4) is 0 Å². The van der Waals surface area contributed by atoms with Gasteiger partial charge in [0.2, 0.25) is 0 Å². The molecule has 1 fully saturated rings. The number of nitrogens with two attached hydrogens (primary N) is 1. The van der Waals surface area contributed by atoms with Gasteiger partial charge in [-0.1, -0.05) is 30.9 Å². The third kappa shape index (κ3) is 4.60. The maximum atomic E-state index is 10.8. The first-order valence-corrected chi connectivity index (χ1v) is 7.43. The third-order valence-electron chi connectivity index (χ3n) is 3.62. The number of halogens is 1. The summed E-state index contributed by atoms with van der Waals surface area (Å²) in [7, 11) is 0. The summed E-state index contributed by atoms with van der Waals surface area (Å²) in [5.41, 5.74) is 6.46. The molecule has 0 atom stereocenters. The second-order valence-corrected chi connectivity index (χ2v) is 5.62. The molecule has 2 rings (SSSR count). The summed E-state index contributed by atoms with van der Waals surface area (Å²) in [6.07, 6.45) is 5.91. The van der Waals surface area contributed by atoms with E-state index >= 15 is 0 Å². The van der Waals surface area contributed by atoms with E-state index in [0.29, 0.717) is 22.6 Å². The van der Waals surface area contributed by atoms with E-state index in [4.69, 9.17) is 17.3 Å². The number of rotatable bonds is 4. The SMILES string of the molecule is NC(=NCc1cc([N+](=O)[O-])ccc1Cl)NC1CCCCC1. The minimum absolute atomic E-state index is 0.00316. The van der Waals surface area contributed by atoms with Crippen LogP contribution in [0.1, 0.15) is 37.7 Å². The highest BCUT2D eigenvalue weighted by molar-refractivity contribution is 6.31. The Morgan fingerprint density at radius 2 is 2.14 bits per heavy atom. The topological polar surface area (TPSA) is 93.5 Å². The smallest absolute Gasteiger partial charge is 0.269 e. The van der Waals surface area contributed by atoms with E-state index in [1.807, 2.05) is 0 Å². The summed E-state index contributed by atoms with van der Waals surface area (Å²) in [5, 5.41) is 14.4. The number of aliphatic imine (C=N–C) groups is 1. The van der Waals surface area contributed by atoms with Crippen molar-refractivity contribution in [3.63, 3.8) is 0 Å². The number of hydrogen-bond acceptors (Lipinski definition) is 3. The van der Waals surface area contributed by atoms with Gasteiger partial charge in [-0.15, -0.1) is 0 Å². The van der Waals surface area contributed by atoms with Crippen LogP contribution in [0.3, 0.4) is 0 Å². The molecule has 1 aliphatic carbocycles. The molecule has 6 nitrogen and oxygen atoms in total. The zero-order chi connectivity index (χ0) is 15.2. The van der Waals surface area contributed by atoms with Crippen molar-refractivity contribution in [1.29, 1.82) is 0 Å². The average Bonchev–Trinajstić information content (AvgIpc) is 2.47. The van der Waals surface area contributed by atoms with Crippen LogP contribution < -0.4 is 11.1 Å². The highest BCUT2D eigenvalue weighted by Crippen LogP contribution is 2.22. The minimum Gasteiger partial charge on any atom is -0.370 e. The van der Waals surface area contributed by atoms with Crippen LogP contribution in [0.2, 0.25) is 5.02 Å². The molecule has 0 amide bonds. The molecule has 0 spiro atoms. The highest BCUT2D eigenvalue weighted by Gasteiger charge is 2.14. The lowest BCUT2D eigenvalue weighted by Crippen LogP contribution is -2.41. The molecule has 0 aliphatic heterocycles. The zero-order valence-electron chi connectivity index (χ0n) is 11.7. The lowest BCUT2D eigenvalue weighted by Gasteiger charge is -2.23. The van der Waals surface area contributed by atoms with Gasteiger partial charge < -0.3 is 11.1 Å². The molecule has 1 aromatic carbocycles. The van der Waals surface area contributed by atoms with Gasteiger partial charge in [-0.3, -0.25) is 10.1 Å². The first-order valence-electron chi connectivity index (χ1n) is 7.05. The van der Waals surface area contributed by atoms with Crippen LogP contribution in [0.15, 0.2) is 23.2 Å². The van der Waals surface area contributed by atoms with Gasteiger partial charge in [0.1, 0.15) is 0 Å². The molecule has 1 saturated carbocycles. The molecule has 1 aromatic rings. The summed E-state index contributed by atoms with van der Waals surface area (Å²) in [6, 6.07) is 4.69. The van der Waals surface area contributed by atoms with Crippen LogP contribution in [-0.4, -0.2) is 16.9 Å². The Labute approximate surface area is 128 Å². The number of nitrogens with zero attached hydrogens (tertiary/aromatic N) is 2. The van der Waals surface area contributed by atoms with E-state index in [9.17, 15) is 10.1 Å². The molecular formula is C14H19ClN4O2. The van der Waals surface area contributed by atoms with Crippen LogP contribution in [-0.2, 0) is 6.54 Å². The predicted octanol–water partition coefficient (Wildman–Crippen LogP) is 2.99. The normalized spacial score (nSPS) is 16.7. The average molecular weight is 311 g/mol. The van der Waals surface area contributed by atoms with Crippen LogP contribution in [0.5, 0.6) is 0 Å². The fraction of sp³-hybridized carbons (Fsp3) is 0.500. The van der Waals surface area contributed by atoms with Gasteiger partial charge >= 0.3 is 0 Å². The summed E-state index contributed by atoms with van der Waals surface area (Å²) in [4.78, 5) is 14.5. The van der Waals surface area contributed by atoms with Crippen LogP contribution in [0.4, 0.5) is 5.69 Å². The van der Waals surface area contributed by atoms with E-state index in [0.717, 1.165) is 12.8 Å². The number of nitro groups is 1. The zero-order valence-corrected chi connectivity index (χ0v) is 12.5. The lowest BCUT2D eigenvalue weighted by atomic mass is 9.96. The van der Waals surface area contributed by atoms with E-state index in [1.165, 1.54) is 37.5 Å². The number of guanidine groups is 1. The summed E-state index contributed by atoms with van der Waals surface area (Å²) < 4.78 is 0. The lowest BCUT2D eigenvalue weighted by molar-refractivity contribution is -0.384. The van der Waals surface area contributed by atoms with Gasteiger partial charge in [-0.2, -0.15) is 0 Å². The Balaban J connectivity index is 1.98. The predicted molar refractivity (Wildman–Crippen MR) is 83.4 cm³/mol. The molecule has 0 unspecified atom stereocenters. The van der Waals surface area contributed by atoms with Crippen molar-refractivity contribution < 1.29 is 4.92 Å². The van der Waals surface area contributed by atoms with Gasteiger partial charge in [0.05, 0.1) is 11.5 Å². The quantitative estimate of drug-likeness (QED) is 0.387. The number of hydrogen-bond donors (Lipinski definition) is 2. The van der Waals surface area contributed by atoms with Crippen molar-refractivity contribution in [1.82, 2.24) is 5.32 Å². The van der Waals surface area contributed by atoms with Crippen LogP contribution in [0, 0.1) is 10.1 Å². The van der Waals surface area contributed by atoms with Crippen molar-refractivity contribution in [2.75, 3.05) is 0 Å². The van der Waals surface area contributed by atoms with Crippen molar-refractivity contribution >= 4 is 23.2 Å². The summed E-state index contributed by atoms with van der Waals surface area (Å²) >= 11 is 6.02. The third-order valence-corrected chi connectivity index (χ3v) is 3.99. The Hall–Kier alpha value is -1.82. The van der Waals surface area contributed by atoms with Gasteiger partial charge in [-0.25, -0.2) is 4.99 Å². The standard InChI is InChI=1S/C14H19ClN4O2/c15-13-7-6-12(19(20)21)8-10(13)9-17-14(16)18-11-4-2-1-3-5-11/h6-8,11H,1-5,9H2,(H3,16,17,18). The van der Waals surface area contributed by atoms with Gasteiger partial charge in [-0.05, 0) is 24.5 Å². The van der Waals surface area contributed by atoms with E-state index in [1.54, 1.807) is 0 Å². The Morgan fingerprint density at radius 3 is 2.81 bits per heavy atom. The fourth-order valence-electron chi connectivity index (χ4n) is 2.47. The van der Waals surface area contributed by atoms with Crippen molar-refractivity contribution in [2.45, 2.75) is 44.7 Å². The van der Waals surface area contributed by atoms with Crippen LogP contribution in [0.25, 0.3) is 0 Å². The fourth-order valence-corrected chi connectivity index (χ4v) is 2.65. The molecule has 0 bridgehead atoms. The van der Waals surface area contributed by atoms with E-state index < -0.39 is 4.92 Å². The molecule has 114 valence electrons. The second kappa shape index (κ2) is 7.26. The number of non-ortho nitro benzene ring substituents is 1.